The molecule has 3 nitrogen and oxygen atoms in total. The predicted molar refractivity (Wildman–Crippen MR) is 90.9 cm³/mol. The molecule has 23 heavy (non-hydrogen) atoms. The summed E-state index contributed by atoms with van der Waals surface area (Å²) in [6, 6.07) is 18.7. The van der Waals surface area contributed by atoms with Gasteiger partial charge in [0, 0.05) is 26.3 Å². The molecular formula is C17H19BLiNO2S. The van der Waals surface area contributed by atoms with Gasteiger partial charge >= 0.3 is 26.0 Å². The van der Waals surface area contributed by atoms with Crippen LogP contribution in [-0.2, 0) is 9.31 Å². The van der Waals surface area contributed by atoms with E-state index in [0.717, 1.165) is 18.7 Å². The molecular weight excluding hydrogens is 300 g/mol. The number of nitrogens with one attached hydrogen (secondary N) is 1. The van der Waals surface area contributed by atoms with Crippen molar-refractivity contribution < 1.29 is 28.2 Å². The average Bonchev–Trinajstić information content (AvgIpc) is 2.52. The Morgan fingerprint density at radius 1 is 0.913 bits per heavy atom. The van der Waals surface area contributed by atoms with Gasteiger partial charge in [0.2, 0.25) is 0 Å². The van der Waals surface area contributed by atoms with Crippen LogP contribution in [0.15, 0.2) is 64.4 Å². The van der Waals surface area contributed by atoms with Gasteiger partial charge in [-0.15, -0.1) is 18.5 Å². The third kappa shape index (κ3) is 5.97. The fourth-order valence-corrected chi connectivity index (χ4v) is 3.18. The summed E-state index contributed by atoms with van der Waals surface area (Å²) in [5, 5.41) is 3.25. The van der Waals surface area contributed by atoms with Gasteiger partial charge in [-0.2, -0.15) is 23.4 Å². The molecule has 2 aromatic carbocycles. The molecule has 1 aliphatic heterocycles. The molecule has 0 saturated carbocycles. The monoisotopic (exact) mass is 319 g/mol. The van der Waals surface area contributed by atoms with Crippen LogP contribution in [-0.4, -0.2) is 33.4 Å². The van der Waals surface area contributed by atoms with E-state index in [0.29, 0.717) is 13.2 Å². The quantitative estimate of drug-likeness (QED) is 0.638. The minimum Gasteiger partial charge on any atom is -0.417 e. The van der Waals surface area contributed by atoms with Gasteiger partial charge in [0.05, 0.1) is 0 Å². The fourth-order valence-electron chi connectivity index (χ4n) is 2.24. The number of hydrogen-bond acceptors (Lipinski definition) is 4. The Balaban J connectivity index is 0.00000192. The Hall–Kier alpha value is -0.798. The maximum absolute atomic E-state index is 5.74. The van der Waals surface area contributed by atoms with Crippen molar-refractivity contribution in [2.45, 2.75) is 9.79 Å². The summed E-state index contributed by atoms with van der Waals surface area (Å²) in [5.41, 5.74) is 1.15. The van der Waals surface area contributed by atoms with Crippen LogP contribution in [0.5, 0.6) is 0 Å². The van der Waals surface area contributed by atoms with Crippen LogP contribution < -0.4 is 24.2 Å². The van der Waals surface area contributed by atoms with E-state index in [1.165, 1.54) is 9.79 Å². The van der Waals surface area contributed by atoms with Crippen molar-refractivity contribution in [3.63, 3.8) is 0 Å². The van der Waals surface area contributed by atoms with Crippen molar-refractivity contribution in [3.05, 3.63) is 66.5 Å². The molecule has 0 atom stereocenters. The van der Waals surface area contributed by atoms with Gasteiger partial charge in [0.25, 0.3) is 0 Å². The summed E-state index contributed by atoms with van der Waals surface area (Å²) >= 11 is 1.76. The number of rotatable bonds is 4. The SMILES string of the molecule is [Li+].c1ccc(Sc2ccccc2[CH-]B2OCCNCCO2)cc1. The number of hydrogen-bond donors (Lipinski definition) is 1. The Bertz CT molecular complexity index is 580. The molecule has 0 amide bonds. The summed E-state index contributed by atoms with van der Waals surface area (Å²) in [4.78, 5) is 2.44. The smallest absolute Gasteiger partial charge is 0.417 e. The van der Waals surface area contributed by atoms with E-state index in [1.807, 2.05) is 12.1 Å². The summed E-state index contributed by atoms with van der Waals surface area (Å²) < 4.78 is 11.5. The molecule has 0 bridgehead atoms. The van der Waals surface area contributed by atoms with Crippen molar-refractivity contribution in [1.29, 1.82) is 0 Å². The zero-order valence-electron chi connectivity index (χ0n) is 13.4. The first-order valence-electron chi connectivity index (χ1n) is 7.52. The summed E-state index contributed by atoms with van der Waals surface area (Å²) in [5.74, 6) is 0. The van der Waals surface area contributed by atoms with Crippen molar-refractivity contribution in [1.82, 2.24) is 5.32 Å². The van der Waals surface area contributed by atoms with E-state index in [4.69, 9.17) is 9.31 Å². The molecule has 2 aromatic rings. The van der Waals surface area contributed by atoms with E-state index in [1.54, 1.807) is 11.8 Å². The van der Waals surface area contributed by atoms with E-state index in [2.05, 4.69) is 54.1 Å². The second-order valence-electron chi connectivity index (χ2n) is 4.98. The first kappa shape index (κ1) is 18.5. The van der Waals surface area contributed by atoms with Crippen LogP contribution in [0.25, 0.3) is 0 Å². The summed E-state index contributed by atoms with van der Waals surface area (Å²) in [6.45, 7) is 3.06. The topological polar surface area (TPSA) is 30.5 Å². The Morgan fingerprint density at radius 2 is 1.57 bits per heavy atom. The van der Waals surface area contributed by atoms with Gasteiger partial charge < -0.3 is 14.6 Å². The van der Waals surface area contributed by atoms with Crippen molar-refractivity contribution in [2.75, 3.05) is 26.3 Å². The van der Waals surface area contributed by atoms with Gasteiger partial charge in [-0.05, 0) is 17.0 Å². The molecule has 1 heterocycles. The Labute approximate surface area is 154 Å². The standard InChI is InChI=1S/C17H19BNO2S.Li/c1-2-7-16(8-3-1)22-17-9-5-4-6-15(17)14-18-20-12-10-19-11-13-21-18;/h1-9,14,19H,10-13H2;/q-1;+1. The van der Waals surface area contributed by atoms with Crippen LogP contribution in [0.4, 0.5) is 0 Å². The second-order valence-corrected chi connectivity index (χ2v) is 6.09. The van der Waals surface area contributed by atoms with Crippen molar-refractivity contribution in [2.24, 2.45) is 0 Å². The van der Waals surface area contributed by atoms with Crippen LogP contribution in [0.1, 0.15) is 5.56 Å². The van der Waals surface area contributed by atoms with Crippen molar-refractivity contribution >= 4 is 18.9 Å². The Morgan fingerprint density at radius 3 is 2.30 bits per heavy atom. The van der Waals surface area contributed by atoms with E-state index in [9.17, 15) is 0 Å². The van der Waals surface area contributed by atoms with Gasteiger partial charge in [0.1, 0.15) is 0 Å². The third-order valence-corrected chi connectivity index (χ3v) is 4.43. The third-order valence-electron chi connectivity index (χ3n) is 3.33. The molecule has 3 rings (SSSR count). The van der Waals surface area contributed by atoms with E-state index >= 15 is 0 Å². The fraction of sp³-hybridized carbons (Fsp3) is 0.235. The van der Waals surface area contributed by atoms with Gasteiger partial charge in [-0.3, -0.25) is 0 Å². The minimum atomic E-state index is -0.278. The molecule has 0 spiro atoms. The maximum atomic E-state index is 5.74. The average molecular weight is 319 g/mol. The number of benzene rings is 2. The largest absolute Gasteiger partial charge is 1.00 e. The zero-order valence-corrected chi connectivity index (χ0v) is 14.2. The van der Waals surface area contributed by atoms with E-state index in [-0.39, 0.29) is 26.0 Å². The molecule has 1 fully saturated rings. The molecule has 0 aliphatic carbocycles. The normalized spacial score (nSPS) is 15.2. The minimum absolute atomic E-state index is 0. The van der Waals surface area contributed by atoms with Crippen LogP contribution in [0.3, 0.4) is 0 Å². The molecule has 1 saturated heterocycles. The summed E-state index contributed by atoms with van der Waals surface area (Å²) in [7, 11) is -0.278. The van der Waals surface area contributed by atoms with Crippen molar-refractivity contribution in [3.8, 4) is 0 Å². The molecule has 114 valence electrons. The van der Waals surface area contributed by atoms with Crippen LogP contribution >= 0.6 is 11.8 Å². The molecule has 1 N–H and O–H groups in total. The second kappa shape index (κ2) is 10.1. The first-order chi connectivity index (χ1) is 10.9. The molecule has 0 radical (unpaired) electrons. The predicted octanol–water partition coefficient (Wildman–Crippen LogP) is 0.0580. The van der Waals surface area contributed by atoms with E-state index < -0.39 is 0 Å². The van der Waals surface area contributed by atoms with Gasteiger partial charge in [-0.25, -0.2) is 0 Å². The van der Waals surface area contributed by atoms with Gasteiger partial charge in [-0.1, -0.05) is 29.2 Å². The zero-order chi connectivity index (χ0) is 15.0. The first-order valence-corrected chi connectivity index (χ1v) is 8.34. The van der Waals surface area contributed by atoms with Crippen LogP contribution in [0.2, 0.25) is 0 Å². The summed E-state index contributed by atoms with van der Waals surface area (Å²) in [6.07, 6.45) is 2.07. The maximum Gasteiger partial charge on any atom is 1.00 e. The Kier molecular flexibility index (Phi) is 8.18. The molecule has 0 aromatic heterocycles. The van der Waals surface area contributed by atoms with Crippen LogP contribution in [0, 0.1) is 6.32 Å². The molecule has 1 aliphatic rings. The molecule has 0 unspecified atom stereocenters. The molecule has 6 heteroatoms. The van der Waals surface area contributed by atoms with Gasteiger partial charge in [0.15, 0.2) is 0 Å².